The van der Waals surface area contributed by atoms with Crippen LogP contribution in [0.3, 0.4) is 0 Å². The molecule has 0 atom stereocenters. The van der Waals surface area contributed by atoms with Crippen LogP contribution in [0.5, 0.6) is 0 Å². The molecule has 0 amide bonds. The van der Waals surface area contributed by atoms with Gasteiger partial charge in [0.15, 0.2) is 11.4 Å². The van der Waals surface area contributed by atoms with Gasteiger partial charge in [0.2, 0.25) is 0 Å². The Morgan fingerprint density at radius 3 is 1.70 bits per heavy atom. The first-order valence-corrected chi connectivity index (χ1v) is 19.7. The predicted molar refractivity (Wildman–Crippen MR) is 236 cm³/mol. The average Bonchev–Trinajstić information content (AvgIpc) is 3.84. The quantitative estimate of drug-likeness (QED) is 0.169. The van der Waals surface area contributed by atoms with Gasteiger partial charge in [0.1, 0.15) is 11.1 Å². The van der Waals surface area contributed by atoms with Crippen molar-refractivity contribution < 1.29 is 4.42 Å². The number of fused-ring (bicyclic) bond motifs is 12. The molecule has 260 valence electrons. The molecule has 0 saturated heterocycles. The topological polar surface area (TPSA) is 38.9 Å². The molecule has 0 N–H and O–H groups in total. The molecule has 0 bridgehead atoms. The first kappa shape index (κ1) is 31.2. The van der Waals surface area contributed by atoms with Gasteiger partial charge in [0, 0.05) is 31.1 Å². The second-order valence-electron chi connectivity index (χ2n) is 14.5. The molecular weight excluding hydrogens is 701 g/mol. The van der Waals surface area contributed by atoms with Crippen molar-refractivity contribution in [1.29, 1.82) is 0 Å². The lowest BCUT2D eigenvalue weighted by molar-refractivity contribution is 0.666. The number of aromatic nitrogens is 2. The maximum atomic E-state index is 6.28. The molecule has 0 saturated carbocycles. The summed E-state index contributed by atoms with van der Waals surface area (Å²) in [6, 6.07) is 63.4. The third-order valence-corrected chi connectivity index (χ3v) is 12.5. The Bertz CT molecular complexity index is 3520. The fourth-order valence-corrected chi connectivity index (χ4v) is 9.88. The molecule has 0 aliphatic rings. The Kier molecular flexibility index (Phi) is 6.80. The molecule has 0 aliphatic heterocycles. The summed E-state index contributed by atoms with van der Waals surface area (Å²) >= 11 is 1.86. The average molecular weight is 731 g/mol. The van der Waals surface area contributed by atoms with E-state index in [0.29, 0.717) is 11.4 Å². The highest BCUT2D eigenvalue weighted by atomic mass is 32.1. The number of hydrogen-bond donors (Lipinski definition) is 0. The molecule has 56 heavy (non-hydrogen) atoms. The number of rotatable bonds is 4. The van der Waals surface area contributed by atoms with Crippen LogP contribution in [-0.2, 0) is 0 Å². The highest BCUT2D eigenvalue weighted by molar-refractivity contribution is 7.26. The van der Waals surface area contributed by atoms with E-state index in [1.54, 1.807) is 0 Å². The van der Waals surface area contributed by atoms with Crippen molar-refractivity contribution in [2.45, 2.75) is 0 Å². The Balaban J connectivity index is 0.932. The van der Waals surface area contributed by atoms with Gasteiger partial charge in [-0.2, -0.15) is 0 Å². The molecule has 0 spiro atoms. The van der Waals surface area contributed by atoms with Crippen LogP contribution in [-0.4, -0.2) is 9.97 Å². The zero-order chi connectivity index (χ0) is 36.7. The van der Waals surface area contributed by atoms with Crippen molar-refractivity contribution in [2.24, 2.45) is 0 Å². The first-order chi connectivity index (χ1) is 27.7. The molecule has 0 unspecified atom stereocenters. The molecule has 0 fully saturated rings. The van der Waals surface area contributed by atoms with Crippen molar-refractivity contribution in [1.82, 2.24) is 9.97 Å². The number of nitrogens with zero attached hydrogens (tertiary/aromatic N) is 2. The van der Waals surface area contributed by atoms with Crippen molar-refractivity contribution >= 4 is 85.9 Å². The summed E-state index contributed by atoms with van der Waals surface area (Å²) in [6.07, 6.45) is 1.81. The fourth-order valence-electron chi connectivity index (χ4n) is 8.65. The molecule has 3 aromatic heterocycles. The lowest BCUT2D eigenvalue weighted by Gasteiger charge is -2.12. The lowest BCUT2D eigenvalue weighted by atomic mass is 9.92. The van der Waals surface area contributed by atoms with Crippen LogP contribution in [0.2, 0.25) is 0 Å². The molecule has 9 aromatic carbocycles. The van der Waals surface area contributed by atoms with Crippen molar-refractivity contribution in [3.63, 3.8) is 0 Å². The summed E-state index contributed by atoms with van der Waals surface area (Å²) in [5.41, 5.74) is 10.3. The van der Waals surface area contributed by atoms with E-state index < -0.39 is 0 Å². The minimum Gasteiger partial charge on any atom is -0.453 e. The number of furan rings is 1. The zero-order valence-corrected chi connectivity index (χ0v) is 30.8. The van der Waals surface area contributed by atoms with Gasteiger partial charge in [-0.15, -0.1) is 11.3 Å². The van der Waals surface area contributed by atoms with E-state index >= 15 is 0 Å². The summed E-state index contributed by atoms with van der Waals surface area (Å²) in [6.45, 7) is 0. The number of benzene rings is 9. The maximum Gasteiger partial charge on any atom is 0.172 e. The third-order valence-electron chi connectivity index (χ3n) is 11.3. The van der Waals surface area contributed by atoms with Gasteiger partial charge in [-0.3, -0.25) is 0 Å². The second-order valence-corrected chi connectivity index (χ2v) is 15.6. The van der Waals surface area contributed by atoms with Crippen LogP contribution >= 0.6 is 11.3 Å². The predicted octanol–water partition coefficient (Wildman–Crippen LogP) is 14.9. The van der Waals surface area contributed by atoms with Crippen LogP contribution in [0.25, 0.3) is 119 Å². The van der Waals surface area contributed by atoms with Gasteiger partial charge in [0.05, 0.1) is 6.20 Å². The largest absolute Gasteiger partial charge is 0.453 e. The molecule has 3 heterocycles. The Labute approximate surface area is 325 Å². The standard InChI is InChI=1S/C52H30N2OS/c1-2-16-40-38(14-1)39-15-3-4-17-41(39)45-28-33(22-24-42(40)45)34-23-25-47-46(29-34)50-48(55-47)30-53-52(54-50)36-13-8-11-32(27-36)31-10-7-12-35(26-31)37-19-9-20-44-43-18-5-6-21-49(43)56-51(37)44/h1-30H. The molecule has 0 radical (unpaired) electrons. The summed E-state index contributed by atoms with van der Waals surface area (Å²) < 4.78 is 8.92. The van der Waals surface area contributed by atoms with Crippen molar-refractivity contribution in [3.05, 3.63) is 182 Å². The number of hydrogen-bond acceptors (Lipinski definition) is 4. The molecule has 12 rings (SSSR count). The smallest absolute Gasteiger partial charge is 0.172 e. The SMILES string of the molecule is c1cc(-c2cccc(-c3cccc4c3sc3ccccc34)c2)cc(-c2ncc3oc4ccc(-c5ccc6c7ccccc7c7ccccc7c6c5)cc4c3n2)c1. The van der Waals surface area contributed by atoms with Crippen LogP contribution in [0, 0.1) is 0 Å². The summed E-state index contributed by atoms with van der Waals surface area (Å²) in [5.74, 6) is 0.669. The van der Waals surface area contributed by atoms with Crippen LogP contribution in [0.15, 0.2) is 187 Å². The Hall–Kier alpha value is -7.14. The molecular formula is C52H30N2OS. The van der Waals surface area contributed by atoms with E-state index in [9.17, 15) is 0 Å². The minimum absolute atomic E-state index is 0.669. The van der Waals surface area contributed by atoms with Gasteiger partial charge in [-0.05, 0) is 102 Å². The Morgan fingerprint density at radius 1 is 0.375 bits per heavy atom. The van der Waals surface area contributed by atoms with E-state index in [1.807, 2.05) is 17.5 Å². The lowest BCUT2D eigenvalue weighted by Crippen LogP contribution is -1.90. The maximum absolute atomic E-state index is 6.28. The van der Waals surface area contributed by atoms with Gasteiger partial charge >= 0.3 is 0 Å². The summed E-state index contributed by atoms with van der Waals surface area (Å²) in [5, 5.41) is 11.2. The summed E-state index contributed by atoms with van der Waals surface area (Å²) in [7, 11) is 0. The van der Waals surface area contributed by atoms with Crippen LogP contribution in [0.4, 0.5) is 0 Å². The van der Waals surface area contributed by atoms with E-state index in [2.05, 4.69) is 176 Å². The fraction of sp³-hybridized carbons (Fsp3) is 0. The zero-order valence-electron chi connectivity index (χ0n) is 30.0. The molecule has 0 aliphatic carbocycles. The van der Waals surface area contributed by atoms with E-state index in [1.165, 1.54) is 63.6 Å². The van der Waals surface area contributed by atoms with E-state index in [4.69, 9.17) is 14.4 Å². The second kappa shape index (κ2) is 12.2. The highest BCUT2D eigenvalue weighted by Crippen LogP contribution is 2.42. The monoisotopic (exact) mass is 730 g/mol. The van der Waals surface area contributed by atoms with E-state index in [0.717, 1.165) is 44.3 Å². The third kappa shape index (κ3) is 4.83. The van der Waals surface area contributed by atoms with Gasteiger partial charge in [-0.25, -0.2) is 9.97 Å². The van der Waals surface area contributed by atoms with Crippen LogP contribution < -0.4 is 0 Å². The Morgan fingerprint density at radius 2 is 0.929 bits per heavy atom. The normalized spacial score (nSPS) is 11.9. The molecule has 3 nitrogen and oxygen atoms in total. The number of thiophene rings is 1. The van der Waals surface area contributed by atoms with Crippen molar-refractivity contribution in [3.8, 4) is 44.8 Å². The van der Waals surface area contributed by atoms with Gasteiger partial charge < -0.3 is 4.42 Å². The molecule has 12 aromatic rings. The van der Waals surface area contributed by atoms with Crippen molar-refractivity contribution in [2.75, 3.05) is 0 Å². The van der Waals surface area contributed by atoms with Crippen LogP contribution in [0.1, 0.15) is 0 Å². The van der Waals surface area contributed by atoms with Gasteiger partial charge in [-0.1, -0.05) is 140 Å². The minimum atomic E-state index is 0.669. The van der Waals surface area contributed by atoms with Gasteiger partial charge in [0.25, 0.3) is 0 Å². The highest BCUT2D eigenvalue weighted by Gasteiger charge is 2.16. The molecule has 4 heteroatoms. The first-order valence-electron chi connectivity index (χ1n) is 18.9. The van der Waals surface area contributed by atoms with E-state index in [-0.39, 0.29) is 0 Å². The summed E-state index contributed by atoms with van der Waals surface area (Å²) in [4.78, 5) is 9.94.